The molecule has 2 aliphatic rings. The second kappa shape index (κ2) is 9.64. The van der Waals surface area contributed by atoms with E-state index in [1.807, 2.05) is 6.92 Å². The Bertz CT molecular complexity index is 1480. The second-order valence-electron chi connectivity index (χ2n) is 8.81. The normalized spacial score (nSPS) is 20.2. The smallest absolute Gasteiger partial charge is 0.350 e. The van der Waals surface area contributed by atoms with E-state index in [-0.39, 0.29) is 34.1 Å². The van der Waals surface area contributed by atoms with Crippen molar-refractivity contribution in [3.8, 4) is 5.75 Å². The van der Waals surface area contributed by atoms with Crippen LogP contribution in [0, 0.1) is 6.92 Å². The summed E-state index contributed by atoms with van der Waals surface area (Å²) in [5, 5.41) is 11.9. The number of ether oxygens (including phenoxy) is 2. The molecule has 0 saturated carbocycles. The van der Waals surface area contributed by atoms with Crippen molar-refractivity contribution in [3.05, 3.63) is 80.3 Å². The van der Waals surface area contributed by atoms with E-state index in [2.05, 4.69) is 4.98 Å². The number of aromatic nitrogens is 1. The number of Topliss-reactive ketones (excluding diaryl/α,β-unsaturated/α-hetero) is 1. The topological polar surface area (TPSA) is 106 Å². The first-order chi connectivity index (χ1) is 17.7. The van der Waals surface area contributed by atoms with Gasteiger partial charge < -0.3 is 14.6 Å². The molecule has 1 saturated heterocycles. The molecule has 0 radical (unpaired) electrons. The first kappa shape index (κ1) is 25.0. The van der Waals surface area contributed by atoms with Crippen molar-refractivity contribution in [2.75, 3.05) is 11.5 Å². The van der Waals surface area contributed by atoms with E-state index in [9.17, 15) is 19.5 Å². The van der Waals surface area contributed by atoms with Crippen LogP contribution in [-0.4, -0.2) is 40.5 Å². The van der Waals surface area contributed by atoms with Crippen LogP contribution in [0.5, 0.6) is 5.75 Å². The monoisotopic (exact) mass is 538 g/mol. The molecule has 37 heavy (non-hydrogen) atoms. The van der Waals surface area contributed by atoms with Crippen LogP contribution in [0.4, 0.5) is 5.13 Å². The molecule has 190 valence electrons. The summed E-state index contributed by atoms with van der Waals surface area (Å²) in [7, 11) is 0. The summed E-state index contributed by atoms with van der Waals surface area (Å²) in [6.07, 6.45) is 0.670. The predicted octanol–water partition coefficient (Wildman–Crippen LogP) is 5.23. The fraction of sp³-hybridized carbons (Fsp3) is 0.259. The highest BCUT2D eigenvalue weighted by molar-refractivity contribution is 7.17. The summed E-state index contributed by atoms with van der Waals surface area (Å²) in [6.45, 7) is 5.46. The average molecular weight is 539 g/mol. The molecule has 3 aromatic rings. The Hall–Kier alpha value is -3.69. The van der Waals surface area contributed by atoms with Crippen molar-refractivity contribution in [1.82, 2.24) is 4.98 Å². The SMILES string of the molecule is CCOC(=O)c1sc(N2C(=O)C(=O)/C(=C(/O)c3ccc4c(c3)C[C@H](C)O4)[C@H]2c2cccc(Cl)c2)nc1C. The summed E-state index contributed by atoms with van der Waals surface area (Å²) in [5.74, 6) is -1.88. The van der Waals surface area contributed by atoms with Gasteiger partial charge in [0.2, 0.25) is 0 Å². The molecule has 0 aliphatic carbocycles. The Morgan fingerprint density at radius 1 is 1.27 bits per heavy atom. The highest BCUT2D eigenvalue weighted by atomic mass is 35.5. The van der Waals surface area contributed by atoms with Gasteiger partial charge in [0, 0.05) is 17.0 Å². The predicted molar refractivity (Wildman–Crippen MR) is 139 cm³/mol. The van der Waals surface area contributed by atoms with E-state index >= 15 is 0 Å². The number of aliphatic hydroxyl groups excluding tert-OH is 1. The molecule has 5 rings (SSSR count). The minimum Gasteiger partial charge on any atom is -0.507 e. The van der Waals surface area contributed by atoms with Gasteiger partial charge in [-0.25, -0.2) is 9.78 Å². The third kappa shape index (κ3) is 4.38. The van der Waals surface area contributed by atoms with E-state index in [1.165, 1.54) is 4.90 Å². The number of rotatable bonds is 5. The van der Waals surface area contributed by atoms with Crippen molar-refractivity contribution in [1.29, 1.82) is 0 Å². The molecule has 2 aromatic carbocycles. The number of amides is 1. The van der Waals surface area contributed by atoms with E-state index < -0.39 is 23.7 Å². The van der Waals surface area contributed by atoms with Crippen molar-refractivity contribution >= 4 is 51.5 Å². The standard InChI is InChI=1S/C27H23ClN2O6S/c1-4-35-26(34)24-14(3)29-27(37-24)30-21(15-6-5-7-18(28)12-15)20(23(32)25(30)33)22(31)16-8-9-19-17(11-16)10-13(2)36-19/h5-9,11-13,21,31H,4,10H2,1-3H3/b22-20+/t13-,21+/m0/s1. The number of benzene rings is 2. The van der Waals surface area contributed by atoms with Crippen LogP contribution in [0.25, 0.3) is 5.76 Å². The lowest BCUT2D eigenvalue weighted by Gasteiger charge is -2.23. The summed E-state index contributed by atoms with van der Waals surface area (Å²) in [4.78, 5) is 45.1. The number of carbonyl (C=O) groups excluding carboxylic acids is 3. The molecule has 3 heterocycles. The molecular formula is C27H23ClN2O6S. The number of anilines is 1. The summed E-state index contributed by atoms with van der Waals surface area (Å²) >= 11 is 7.22. The summed E-state index contributed by atoms with van der Waals surface area (Å²) in [5.41, 5.74) is 2.09. The van der Waals surface area contributed by atoms with Gasteiger partial charge in [0.25, 0.3) is 5.78 Å². The fourth-order valence-corrected chi connectivity index (χ4v) is 5.80. The van der Waals surface area contributed by atoms with Crippen LogP contribution in [-0.2, 0) is 20.7 Å². The lowest BCUT2D eigenvalue weighted by molar-refractivity contribution is -0.132. The number of fused-ring (bicyclic) bond motifs is 1. The number of thiazole rings is 1. The van der Waals surface area contributed by atoms with Gasteiger partial charge >= 0.3 is 11.9 Å². The van der Waals surface area contributed by atoms with E-state index in [0.717, 1.165) is 22.6 Å². The quantitative estimate of drug-likeness (QED) is 0.205. The molecular weight excluding hydrogens is 516 g/mol. The maximum absolute atomic E-state index is 13.4. The van der Waals surface area contributed by atoms with Gasteiger partial charge in [-0.3, -0.25) is 14.5 Å². The van der Waals surface area contributed by atoms with Crippen LogP contribution < -0.4 is 9.64 Å². The van der Waals surface area contributed by atoms with Crippen molar-refractivity contribution < 1.29 is 29.0 Å². The third-order valence-corrected chi connectivity index (χ3v) is 7.60. The van der Waals surface area contributed by atoms with Crippen LogP contribution >= 0.6 is 22.9 Å². The zero-order chi connectivity index (χ0) is 26.4. The van der Waals surface area contributed by atoms with Crippen molar-refractivity contribution in [2.45, 2.75) is 39.3 Å². The Morgan fingerprint density at radius 3 is 2.78 bits per heavy atom. The number of carbonyl (C=O) groups is 3. The van der Waals surface area contributed by atoms with Crippen molar-refractivity contribution in [2.24, 2.45) is 0 Å². The molecule has 2 aliphatic heterocycles. The Kier molecular flexibility index (Phi) is 6.51. The van der Waals surface area contributed by atoms with Gasteiger partial charge in [0.15, 0.2) is 5.13 Å². The van der Waals surface area contributed by atoms with Gasteiger partial charge in [-0.2, -0.15) is 0 Å². The van der Waals surface area contributed by atoms with Gasteiger partial charge in [-0.05, 0) is 62.2 Å². The lowest BCUT2D eigenvalue weighted by atomic mass is 9.94. The van der Waals surface area contributed by atoms with Gasteiger partial charge in [0.1, 0.15) is 22.5 Å². The molecule has 1 N–H and O–H groups in total. The zero-order valence-electron chi connectivity index (χ0n) is 20.3. The number of hydrogen-bond acceptors (Lipinski definition) is 8. The number of ketones is 1. The molecule has 0 spiro atoms. The first-order valence-corrected chi connectivity index (χ1v) is 12.9. The molecule has 10 heteroatoms. The minimum absolute atomic E-state index is 0.00572. The molecule has 0 unspecified atom stereocenters. The largest absolute Gasteiger partial charge is 0.507 e. The number of esters is 1. The van der Waals surface area contributed by atoms with Gasteiger partial charge in [-0.1, -0.05) is 35.1 Å². The first-order valence-electron chi connectivity index (χ1n) is 11.7. The van der Waals surface area contributed by atoms with Crippen LogP contribution in [0.1, 0.15) is 51.9 Å². The van der Waals surface area contributed by atoms with E-state index in [0.29, 0.717) is 28.3 Å². The third-order valence-electron chi connectivity index (χ3n) is 6.23. The number of aliphatic hydroxyl groups is 1. The van der Waals surface area contributed by atoms with Gasteiger partial charge in [0.05, 0.1) is 23.9 Å². The maximum Gasteiger partial charge on any atom is 0.350 e. The highest BCUT2D eigenvalue weighted by Crippen LogP contribution is 2.44. The lowest BCUT2D eigenvalue weighted by Crippen LogP contribution is -2.29. The van der Waals surface area contributed by atoms with Crippen molar-refractivity contribution in [3.63, 3.8) is 0 Å². The highest BCUT2D eigenvalue weighted by Gasteiger charge is 2.48. The minimum atomic E-state index is -1.01. The number of hydrogen-bond donors (Lipinski definition) is 1. The average Bonchev–Trinajstić information content (AvgIpc) is 3.51. The van der Waals surface area contributed by atoms with Crippen LogP contribution in [0.2, 0.25) is 5.02 Å². The molecule has 1 fully saturated rings. The van der Waals surface area contributed by atoms with E-state index in [4.69, 9.17) is 21.1 Å². The zero-order valence-corrected chi connectivity index (χ0v) is 21.9. The molecule has 8 nitrogen and oxygen atoms in total. The fourth-order valence-electron chi connectivity index (χ4n) is 4.62. The second-order valence-corrected chi connectivity index (χ2v) is 10.2. The molecule has 2 atom stereocenters. The Balaban J connectivity index is 1.67. The summed E-state index contributed by atoms with van der Waals surface area (Å²) < 4.78 is 10.9. The molecule has 1 aromatic heterocycles. The number of aryl methyl sites for hydroxylation is 1. The maximum atomic E-state index is 13.4. The van der Waals surface area contributed by atoms with Crippen LogP contribution in [0.15, 0.2) is 48.0 Å². The Labute approximate surface area is 222 Å². The molecule has 1 amide bonds. The Morgan fingerprint density at radius 2 is 2.05 bits per heavy atom. The number of nitrogens with zero attached hydrogens (tertiary/aromatic N) is 2. The number of halogens is 1. The van der Waals surface area contributed by atoms with Gasteiger partial charge in [-0.15, -0.1) is 0 Å². The molecule has 0 bridgehead atoms. The summed E-state index contributed by atoms with van der Waals surface area (Å²) in [6, 6.07) is 10.9. The van der Waals surface area contributed by atoms with Crippen LogP contribution in [0.3, 0.4) is 0 Å². The van der Waals surface area contributed by atoms with E-state index in [1.54, 1.807) is 56.3 Å².